The van der Waals surface area contributed by atoms with Crippen molar-refractivity contribution in [2.45, 2.75) is 10.1 Å². The van der Waals surface area contributed by atoms with Crippen molar-refractivity contribution in [2.24, 2.45) is 0 Å². The highest BCUT2D eigenvalue weighted by Gasteiger charge is 2.13. The Morgan fingerprint density at radius 3 is 2.35 bits per heavy atom. The van der Waals surface area contributed by atoms with Crippen molar-refractivity contribution >= 4 is 40.7 Å². The molecule has 1 aromatic heterocycles. The molecule has 1 heterocycles. The molecule has 0 amide bonds. The molecule has 114 valence electrons. The van der Waals surface area contributed by atoms with Crippen molar-refractivity contribution < 1.29 is 4.79 Å². The highest BCUT2D eigenvalue weighted by atomic mass is 35.5. The van der Waals surface area contributed by atoms with E-state index in [4.69, 9.17) is 23.2 Å². The minimum absolute atomic E-state index is 0.162. The SMILES string of the molecule is O=C(c1ccc(Sc2ncccn2)cc1)c1cc(Cl)ccc1Cl. The van der Waals surface area contributed by atoms with Gasteiger partial charge >= 0.3 is 0 Å². The molecule has 0 atom stereocenters. The molecule has 3 nitrogen and oxygen atoms in total. The van der Waals surface area contributed by atoms with E-state index in [1.165, 1.54) is 11.8 Å². The van der Waals surface area contributed by atoms with Crippen LogP contribution in [-0.4, -0.2) is 15.8 Å². The predicted octanol–water partition coefficient (Wildman–Crippen LogP) is 5.17. The third-order valence-electron chi connectivity index (χ3n) is 3.04. The zero-order valence-electron chi connectivity index (χ0n) is 11.7. The predicted molar refractivity (Wildman–Crippen MR) is 92.5 cm³/mol. The second kappa shape index (κ2) is 7.13. The van der Waals surface area contributed by atoms with Crippen molar-refractivity contribution in [1.29, 1.82) is 0 Å². The van der Waals surface area contributed by atoms with Crippen molar-refractivity contribution in [3.63, 3.8) is 0 Å². The van der Waals surface area contributed by atoms with Crippen LogP contribution in [0.1, 0.15) is 15.9 Å². The van der Waals surface area contributed by atoms with Crippen LogP contribution in [0.2, 0.25) is 10.0 Å². The Morgan fingerprint density at radius 1 is 0.957 bits per heavy atom. The summed E-state index contributed by atoms with van der Waals surface area (Å²) in [6, 6.07) is 13.8. The fourth-order valence-corrected chi connectivity index (χ4v) is 3.03. The van der Waals surface area contributed by atoms with Crippen molar-refractivity contribution in [1.82, 2.24) is 9.97 Å². The monoisotopic (exact) mass is 360 g/mol. The maximum absolute atomic E-state index is 12.5. The number of aromatic nitrogens is 2. The molecule has 0 spiro atoms. The number of benzene rings is 2. The number of carbonyl (C=O) groups excluding carboxylic acids is 1. The van der Waals surface area contributed by atoms with E-state index < -0.39 is 0 Å². The Balaban J connectivity index is 1.82. The van der Waals surface area contributed by atoms with Gasteiger partial charge in [-0.05, 0) is 60.3 Å². The highest BCUT2D eigenvalue weighted by Crippen LogP contribution is 2.27. The molecule has 0 aliphatic rings. The third-order valence-corrected chi connectivity index (χ3v) is 4.51. The zero-order chi connectivity index (χ0) is 16.2. The molecule has 23 heavy (non-hydrogen) atoms. The molecule has 0 aliphatic heterocycles. The summed E-state index contributed by atoms with van der Waals surface area (Å²) in [5.74, 6) is -0.162. The van der Waals surface area contributed by atoms with Crippen LogP contribution in [0.5, 0.6) is 0 Å². The number of carbonyl (C=O) groups is 1. The highest BCUT2D eigenvalue weighted by molar-refractivity contribution is 7.99. The molecule has 6 heteroatoms. The lowest BCUT2D eigenvalue weighted by molar-refractivity contribution is 0.103. The van der Waals surface area contributed by atoms with Crippen molar-refractivity contribution in [3.8, 4) is 0 Å². The Morgan fingerprint density at radius 2 is 1.65 bits per heavy atom. The number of nitrogens with zero attached hydrogens (tertiary/aromatic N) is 2. The summed E-state index contributed by atoms with van der Waals surface area (Å²) in [6.45, 7) is 0. The summed E-state index contributed by atoms with van der Waals surface area (Å²) in [4.78, 5) is 21.8. The fourth-order valence-electron chi connectivity index (χ4n) is 1.94. The lowest BCUT2D eigenvalue weighted by Crippen LogP contribution is -2.02. The van der Waals surface area contributed by atoms with Gasteiger partial charge in [0.25, 0.3) is 0 Å². The van der Waals surface area contributed by atoms with E-state index in [1.54, 1.807) is 48.8 Å². The maximum atomic E-state index is 12.5. The summed E-state index contributed by atoms with van der Waals surface area (Å²) >= 11 is 13.4. The Kier molecular flexibility index (Phi) is 4.96. The summed E-state index contributed by atoms with van der Waals surface area (Å²) in [5.41, 5.74) is 0.943. The van der Waals surface area contributed by atoms with Gasteiger partial charge in [0.1, 0.15) is 0 Å². The van der Waals surface area contributed by atoms with E-state index in [1.807, 2.05) is 12.1 Å². The summed E-state index contributed by atoms with van der Waals surface area (Å²) in [5, 5.41) is 1.52. The molecule has 0 saturated heterocycles. The van der Waals surface area contributed by atoms with E-state index in [0.717, 1.165) is 4.90 Å². The quantitative estimate of drug-likeness (QED) is 0.475. The molecule has 0 N–H and O–H groups in total. The van der Waals surface area contributed by atoms with Crippen LogP contribution in [0.3, 0.4) is 0 Å². The van der Waals surface area contributed by atoms with Crippen LogP contribution in [0.25, 0.3) is 0 Å². The summed E-state index contributed by atoms with van der Waals surface area (Å²) < 4.78 is 0. The molecular formula is C17H10Cl2N2OS. The lowest BCUT2D eigenvalue weighted by Gasteiger charge is -2.05. The number of halogens is 2. The molecule has 0 bridgehead atoms. The third kappa shape index (κ3) is 3.91. The first kappa shape index (κ1) is 16.0. The average Bonchev–Trinajstić information content (AvgIpc) is 2.58. The van der Waals surface area contributed by atoms with Crippen molar-refractivity contribution in [2.75, 3.05) is 0 Å². The van der Waals surface area contributed by atoms with Crippen LogP contribution in [0.15, 0.2) is 71.0 Å². The summed E-state index contributed by atoms with van der Waals surface area (Å²) in [7, 11) is 0. The Labute approximate surface area is 147 Å². The van der Waals surface area contributed by atoms with Gasteiger partial charge in [0.05, 0.1) is 5.02 Å². The number of ketones is 1. The Bertz CT molecular complexity index is 839. The van der Waals surface area contributed by atoms with Gasteiger partial charge in [0.15, 0.2) is 10.9 Å². The molecule has 0 unspecified atom stereocenters. The van der Waals surface area contributed by atoms with Gasteiger partial charge in [-0.2, -0.15) is 0 Å². The van der Waals surface area contributed by atoms with Gasteiger partial charge in [0.2, 0.25) is 0 Å². The molecule has 0 fully saturated rings. The standard InChI is InChI=1S/C17H10Cl2N2OS/c18-12-4-7-15(19)14(10-12)16(22)11-2-5-13(6-3-11)23-17-20-8-1-9-21-17/h1-10H. The van der Waals surface area contributed by atoms with Crippen molar-refractivity contribution in [3.05, 3.63) is 82.1 Å². The molecule has 2 aromatic carbocycles. The minimum Gasteiger partial charge on any atom is -0.289 e. The Hall–Kier alpha value is -1.88. The molecule has 0 saturated carbocycles. The van der Waals surface area contributed by atoms with E-state index in [-0.39, 0.29) is 5.78 Å². The average molecular weight is 361 g/mol. The number of rotatable bonds is 4. The lowest BCUT2D eigenvalue weighted by atomic mass is 10.0. The first-order valence-corrected chi connectivity index (χ1v) is 8.25. The van der Waals surface area contributed by atoms with Gasteiger partial charge in [-0.1, -0.05) is 23.2 Å². The smallest absolute Gasteiger partial charge is 0.194 e. The minimum atomic E-state index is -0.162. The summed E-state index contributed by atoms with van der Waals surface area (Å²) in [6.07, 6.45) is 3.38. The number of hydrogen-bond acceptors (Lipinski definition) is 4. The molecule has 0 aliphatic carbocycles. The second-order valence-electron chi connectivity index (χ2n) is 4.61. The first-order valence-electron chi connectivity index (χ1n) is 6.68. The largest absolute Gasteiger partial charge is 0.289 e. The van der Waals surface area contributed by atoms with Crippen LogP contribution in [-0.2, 0) is 0 Å². The first-order chi connectivity index (χ1) is 11.1. The van der Waals surface area contributed by atoms with E-state index >= 15 is 0 Å². The maximum Gasteiger partial charge on any atom is 0.194 e. The van der Waals surface area contributed by atoms with Gasteiger partial charge < -0.3 is 0 Å². The van der Waals surface area contributed by atoms with Crippen LogP contribution in [0, 0.1) is 0 Å². The second-order valence-corrected chi connectivity index (χ2v) is 6.50. The molecule has 0 radical (unpaired) electrons. The van der Waals surface area contributed by atoms with E-state index in [0.29, 0.717) is 26.3 Å². The normalized spacial score (nSPS) is 10.5. The zero-order valence-corrected chi connectivity index (χ0v) is 14.1. The fraction of sp³-hybridized carbons (Fsp3) is 0. The van der Waals surface area contributed by atoms with Gasteiger partial charge in [-0.3, -0.25) is 4.79 Å². The van der Waals surface area contributed by atoms with Crippen LogP contribution in [0.4, 0.5) is 0 Å². The molecule has 3 rings (SSSR count). The van der Waals surface area contributed by atoms with Gasteiger partial charge in [0, 0.05) is 33.4 Å². The molecular weight excluding hydrogens is 351 g/mol. The van der Waals surface area contributed by atoms with Crippen LogP contribution < -0.4 is 0 Å². The van der Waals surface area contributed by atoms with E-state index in [9.17, 15) is 4.79 Å². The van der Waals surface area contributed by atoms with E-state index in [2.05, 4.69) is 9.97 Å². The molecule has 3 aromatic rings. The van der Waals surface area contributed by atoms with Gasteiger partial charge in [-0.25, -0.2) is 9.97 Å². The van der Waals surface area contributed by atoms with Gasteiger partial charge in [-0.15, -0.1) is 0 Å². The topological polar surface area (TPSA) is 42.9 Å². The van der Waals surface area contributed by atoms with Crippen LogP contribution >= 0.6 is 35.0 Å². The number of hydrogen-bond donors (Lipinski definition) is 0.